The van der Waals surface area contributed by atoms with E-state index in [1.807, 2.05) is 12.3 Å². The van der Waals surface area contributed by atoms with Crippen LogP contribution in [-0.4, -0.2) is 24.0 Å². The number of hydrogen-bond acceptors (Lipinski definition) is 4. The number of carbonyl (C=O) groups is 1. The molecule has 1 aliphatic rings. The summed E-state index contributed by atoms with van der Waals surface area (Å²) in [6, 6.07) is 0. The molecule has 1 unspecified atom stereocenters. The average Bonchev–Trinajstić information content (AvgIpc) is 2.95. The molecule has 1 aliphatic heterocycles. The molecule has 0 aromatic carbocycles. The molecular formula is C12H19N3OS. The van der Waals surface area contributed by atoms with Crippen LogP contribution in [-0.2, 0) is 11.3 Å². The second kappa shape index (κ2) is 6.12. The Hall–Kier alpha value is -0.940. The number of hydrogen-bond donors (Lipinski definition) is 2. The van der Waals surface area contributed by atoms with E-state index in [1.54, 1.807) is 11.3 Å². The third-order valence-electron chi connectivity index (χ3n) is 3.08. The summed E-state index contributed by atoms with van der Waals surface area (Å²) in [6.07, 6.45) is 2.84. The first-order chi connectivity index (χ1) is 8.24. The predicted octanol–water partition coefficient (Wildman–Crippen LogP) is 1.46. The minimum Gasteiger partial charge on any atom is -0.350 e. The number of amides is 1. The summed E-state index contributed by atoms with van der Waals surface area (Å²) in [5.41, 5.74) is 0.961. The molecule has 5 heteroatoms. The fourth-order valence-electron chi connectivity index (χ4n) is 2.06. The maximum absolute atomic E-state index is 11.6. The summed E-state index contributed by atoms with van der Waals surface area (Å²) >= 11 is 1.62. The van der Waals surface area contributed by atoms with Crippen molar-refractivity contribution in [3.63, 3.8) is 0 Å². The number of rotatable bonds is 5. The van der Waals surface area contributed by atoms with Gasteiger partial charge in [-0.25, -0.2) is 4.98 Å². The van der Waals surface area contributed by atoms with E-state index in [1.165, 1.54) is 6.42 Å². The molecule has 0 bridgehead atoms. The van der Waals surface area contributed by atoms with Crippen molar-refractivity contribution in [3.8, 4) is 0 Å². The van der Waals surface area contributed by atoms with Crippen molar-refractivity contribution in [2.45, 2.75) is 32.7 Å². The zero-order chi connectivity index (χ0) is 12.1. The Balaban J connectivity index is 1.63. The number of thiazole rings is 1. The van der Waals surface area contributed by atoms with Crippen LogP contribution in [0.1, 0.15) is 30.0 Å². The van der Waals surface area contributed by atoms with Crippen molar-refractivity contribution >= 4 is 17.2 Å². The van der Waals surface area contributed by atoms with Gasteiger partial charge >= 0.3 is 0 Å². The van der Waals surface area contributed by atoms with E-state index in [-0.39, 0.29) is 5.91 Å². The largest absolute Gasteiger partial charge is 0.350 e. The lowest BCUT2D eigenvalue weighted by atomic mass is 10.0. The van der Waals surface area contributed by atoms with Crippen molar-refractivity contribution < 1.29 is 4.79 Å². The van der Waals surface area contributed by atoms with Crippen LogP contribution in [0.4, 0.5) is 0 Å². The Kier molecular flexibility index (Phi) is 4.50. The van der Waals surface area contributed by atoms with Gasteiger partial charge in [0.15, 0.2) is 0 Å². The van der Waals surface area contributed by atoms with Crippen LogP contribution in [0.5, 0.6) is 0 Å². The second-order valence-corrected chi connectivity index (χ2v) is 5.59. The highest BCUT2D eigenvalue weighted by Crippen LogP contribution is 2.14. The molecule has 1 amide bonds. The van der Waals surface area contributed by atoms with Gasteiger partial charge in [-0.05, 0) is 38.8 Å². The van der Waals surface area contributed by atoms with Gasteiger partial charge in [0.05, 0.1) is 17.2 Å². The van der Waals surface area contributed by atoms with Crippen LogP contribution in [0.3, 0.4) is 0 Å². The monoisotopic (exact) mass is 253 g/mol. The van der Waals surface area contributed by atoms with E-state index >= 15 is 0 Å². The van der Waals surface area contributed by atoms with Crippen LogP contribution in [0.15, 0.2) is 5.38 Å². The third kappa shape index (κ3) is 4.09. The van der Waals surface area contributed by atoms with Gasteiger partial charge in [0.25, 0.3) is 0 Å². The molecule has 4 nitrogen and oxygen atoms in total. The fraction of sp³-hybridized carbons (Fsp3) is 0.667. The van der Waals surface area contributed by atoms with Crippen LogP contribution >= 0.6 is 11.3 Å². The Morgan fingerprint density at radius 1 is 1.71 bits per heavy atom. The molecule has 2 heterocycles. The molecule has 0 saturated carbocycles. The topological polar surface area (TPSA) is 54.0 Å². The predicted molar refractivity (Wildman–Crippen MR) is 68.9 cm³/mol. The van der Waals surface area contributed by atoms with Crippen molar-refractivity contribution in [1.29, 1.82) is 0 Å². The molecule has 0 radical (unpaired) electrons. The van der Waals surface area contributed by atoms with Crippen LogP contribution < -0.4 is 10.6 Å². The van der Waals surface area contributed by atoms with E-state index in [0.29, 0.717) is 18.9 Å². The van der Waals surface area contributed by atoms with Gasteiger partial charge < -0.3 is 10.6 Å². The number of aromatic nitrogens is 1. The standard InChI is InChI=1S/C12H19N3OS/c1-9-15-11(8-17-9)7-14-12(16)3-2-10-4-5-13-6-10/h8,10,13H,2-7H2,1H3,(H,14,16). The number of nitrogens with zero attached hydrogens (tertiary/aromatic N) is 1. The lowest BCUT2D eigenvalue weighted by molar-refractivity contribution is -0.121. The lowest BCUT2D eigenvalue weighted by Crippen LogP contribution is -2.23. The summed E-state index contributed by atoms with van der Waals surface area (Å²) in [6.45, 7) is 4.71. The smallest absolute Gasteiger partial charge is 0.220 e. The van der Waals surface area contributed by atoms with Gasteiger partial charge in [-0.1, -0.05) is 0 Å². The van der Waals surface area contributed by atoms with E-state index in [2.05, 4.69) is 15.6 Å². The summed E-state index contributed by atoms with van der Waals surface area (Å²) in [5, 5.41) is 9.28. The first kappa shape index (κ1) is 12.5. The van der Waals surface area contributed by atoms with Gasteiger partial charge in [-0.15, -0.1) is 11.3 Å². The molecular weight excluding hydrogens is 234 g/mol. The first-order valence-corrected chi connectivity index (χ1v) is 7.00. The summed E-state index contributed by atoms with van der Waals surface area (Å²) in [5.74, 6) is 0.824. The molecule has 1 aromatic rings. The zero-order valence-electron chi connectivity index (χ0n) is 10.2. The highest BCUT2D eigenvalue weighted by atomic mass is 32.1. The Morgan fingerprint density at radius 3 is 3.24 bits per heavy atom. The molecule has 1 fully saturated rings. The lowest BCUT2D eigenvalue weighted by Gasteiger charge is -2.07. The molecule has 0 aliphatic carbocycles. The van der Waals surface area contributed by atoms with E-state index in [9.17, 15) is 4.79 Å². The number of aryl methyl sites for hydroxylation is 1. The maximum atomic E-state index is 11.6. The van der Waals surface area contributed by atoms with Gasteiger partial charge in [0.2, 0.25) is 5.91 Å². The van der Waals surface area contributed by atoms with Crippen molar-refractivity contribution in [3.05, 3.63) is 16.1 Å². The van der Waals surface area contributed by atoms with Crippen LogP contribution in [0.2, 0.25) is 0 Å². The molecule has 0 spiro atoms. The van der Waals surface area contributed by atoms with Crippen molar-refractivity contribution in [2.75, 3.05) is 13.1 Å². The van der Waals surface area contributed by atoms with E-state index in [0.717, 1.165) is 30.2 Å². The Bertz CT molecular complexity index is 372. The number of carbonyl (C=O) groups excluding carboxylic acids is 1. The molecule has 1 saturated heterocycles. The second-order valence-electron chi connectivity index (χ2n) is 4.53. The summed E-state index contributed by atoms with van der Waals surface area (Å²) in [7, 11) is 0. The maximum Gasteiger partial charge on any atom is 0.220 e. The molecule has 1 atom stereocenters. The minimum atomic E-state index is 0.141. The third-order valence-corrected chi connectivity index (χ3v) is 3.90. The van der Waals surface area contributed by atoms with E-state index in [4.69, 9.17) is 0 Å². The Morgan fingerprint density at radius 2 is 2.59 bits per heavy atom. The average molecular weight is 253 g/mol. The normalized spacial score (nSPS) is 19.5. The van der Waals surface area contributed by atoms with Crippen molar-refractivity contribution in [2.24, 2.45) is 5.92 Å². The molecule has 94 valence electrons. The molecule has 17 heavy (non-hydrogen) atoms. The minimum absolute atomic E-state index is 0.141. The molecule has 2 rings (SSSR count). The van der Waals surface area contributed by atoms with Gasteiger partial charge in [0, 0.05) is 11.8 Å². The SMILES string of the molecule is Cc1nc(CNC(=O)CCC2CCNC2)cs1. The summed E-state index contributed by atoms with van der Waals surface area (Å²) in [4.78, 5) is 15.9. The fourth-order valence-corrected chi connectivity index (χ4v) is 2.68. The zero-order valence-corrected chi connectivity index (χ0v) is 11.0. The highest BCUT2D eigenvalue weighted by Gasteiger charge is 2.15. The number of nitrogens with one attached hydrogen (secondary N) is 2. The highest BCUT2D eigenvalue weighted by molar-refractivity contribution is 7.09. The van der Waals surface area contributed by atoms with E-state index < -0.39 is 0 Å². The van der Waals surface area contributed by atoms with Crippen LogP contribution in [0.25, 0.3) is 0 Å². The van der Waals surface area contributed by atoms with Gasteiger partial charge in [0.1, 0.15) is 0 Å². The molecule has 1 aromatic heterocycles. The summed E-state index contributed by atoms with van der Waals surface area (Å²) < 4.78 is 0. The van der Waals surface area contributed by atoms with Crippen LogP contribution in [0, 0.1) is 12.8 Å². The first-order valence-electron chi connectivity index (χ1n) is 6.12. The van der Waals surface area contributed by atoms with Crippen molar-refractivity contribution in [1.82, 2.24) is 15.6 Å². The van der Waals surface area contributed by atoms with Gasteiger partial charge in [-0.3, -0.25) is 4.79 Å². The quantitative estimate of drug-likeness (QED) is 0.835. The Labute approximate surface area is 106 Å². The van der Waals surface area contributed by atoms with Gasteiger partial charge in [-0.2, -0.15) is 0 Å². The molecule has 2 N–H and O–H groups in total.